The highest BCUT2D eigenvalue weighted by Gasteiger charge is 1.89. The van der Waals surface area contributed by atoms with E-state index in [1.165, 1.54) is 5.56 Å². The van der Waals surface area contributed by atoms with Crippen molar-refractivity contribution in [3.63, 3.8) is 0 Å². The maximum Gasteiger partial charge on any atom is 0.0717 e. The van der Waals surface area contributed by atoms with Gasteiger partial charge >= 0.3 is 0 Å². The van der Waals surface area contributed by atoms with Crippen molar-refractivity contribution in [1.29, 1.82) is 0 Å². The lowest BCUT2D eigenvalue weighted by atomic mass is 10.2. The van der Waals surface area contributed by atoms with Crippen molar-refractivity contribution in [2.45, 2.75) is 19.4 Å². The Kier molecular flexibility index (Phi) is 7.22. The minimum Gasteiger partial charge on any atom is -0.376 e. The second-order valence-electron chi connectivity index (χ2n) is 3.28. The third-order valence-electron chi connectivity index (χ3n) is 1.98. The van der Waals surface area contributed by atoms with Crippen molar-refractivity contribution in [3.8, 4) is 0 Å². The van der Waals surface area contributed by atoms with Crippen molar-refractivity contribution < 1.29 is 4.74 Å². The molecule has 1 nitrogen and oxygen atoms in total. The van der Waals surface area contributed by atoms with Gasteiger partial charge < -0.3 is 4.74 Å². The molecule has 0 fully saturated rings. The van der Waals surface area contributed by atoms with E-state index in [4.69, 9.17) is 4.74 Å². The third kappa shape index (κ3) is 6.47. The van der Waals surface area contributed by atoms with Crippen LogP contribution in [-0.4, -0.2) is 11.9 Å². The quantitative estimate of drug-likeness (QED) is 0.414. The number of benzene rings is 1. The predicted octanol–water partition coefficient (Wildman–Crippen LogP) is 3.93. The molecule has 0 unspecified atom stereocenters. The molecule has 0 saturated heterocycles. The highest BCUT2D eigenvalue weighted by molar-refractivity contribution is 9.09. The van der Waals surface area contributed by atoms with Crippen LogP contribution in [0.2, 0.25) is 0 Å². The Hall–Kier alpha value is -0.600. The molecule has 0 spiro atoms. The summed E-state index contributed by atoms with van der Waals surface area (Å²) in [7, 11) is 0. The standard InChI is InChI=1S/C13H17BrO/c14-10-6-1-2-7-11-15-12-13-8-4-3-5-9-13/h1-5,8-9H,6-7,10-12H2/b2-1+. The fourth-order valence-electron chi connectivity index (χ4n) is 1.21. The van der Waals surface area contributed by atoms with Gasteiger partial charge in [0, 0.05) is 5.33 Å². The topological polar surface area (TPSA) is 9.23 Å². The lowest BCUT2D eigenvalue weighted by molar-refractivity contribution is 0.125. The molecule has 0 heterocycles. The van der Waals surface area contributed by atoms with Gasteiger partial charge in [-0.05, 0) is 18.4 Å². The van der Waals surface area contributed by atoms with Gasteiger partial charge in [-0.15, -0.1) is 0 Å². The fraction of sp³-hybridized carbons (Fsp3) is 0.385. The van der Waals surface area contributed by atoms with E-state index in [9.17, 15) is 0 Å². The highest BCUT2D eigenvalue weighted by atomic mass is 79.9. The van der Waals surface area contributed by atoms with E-state index < -0.39 is 0 Å². The zero-order chi connectivity index (χ0) is 10.8. The van der Waals surface area contributed by atoms with Gasteiger partial charge in [-0.3, -0.25) is 0 Å². The first-order valence-corrected chi connectivity index (χ1v) is 6.38. The molecule has 0 N–H and O–H groups in total. The molecular formula is C13H17BrO. The maximum atomic E-state index is 5.54. The first-order chi connectivity index (χ1) is 7.43. The van der Waals surface area contributed by atoms with Crippen molar-refractivity contribution >= 4 is 15.9 Å². The summed E-state index contributed by atoms with van der Waals surface area (Å²) in [6.07, 6.45) is 6.45. The molecule has 0 atom stereocenters. The summed E-state index contributed by atoms with van der Waals surface area (Å²) in [5.41, 5.74) is 1.24. The SMILES string of the molecule is BrCC/C=C/CCOCc1ccccc1. The summed E-state index contributed by atoms with van der Waals surface area (Å²) in [5.74, 6) is 0. The normalized spacial score (nSPS) is 11.0. The van der Waals surface area contributed by atoms with E-state index >= 15 is 0 Å². The van der Waals surface area contributed by atoms with Crippen molar-refractivity contribution in [2.75, 3.05) is 11.9 Å². The van der Waals surface area contributed by atoms with Crippen LogP contribution in [0.1, 0.15) is 18.4 Å². The molecule has 15 heavy (non-hydrogen) atoms. The molecule has 1 rings (SSSR count). The van der Waals surface area contributed by atoms with Gasteiger partial charge in [0.15, 0.2) is 0 Å². The number of hydrogen-bond donors (Lipinski definition) is 0. The van der Waals surface area contributed by atoms with Crippen LogP contribution in [0.3, 0.4) is 0 Å². The summed E-state index contributed by atoms with van der Waals surface area (Å²) in [4.78, 5) is 0. The Balaban J connectivity index is 2.02. The van der Waals surface area contributed by atoms with E-state index in [0.29, 0.717) is 6.61 Å². The molecule has 0 aliphatic heterocycles. The van der Waals surface area contributed by atoms with Crippen LogP contribution < -0.4 is 0 Å². The molecule has 2 heteroatoms. The Morgan fingerprint density at radius 2 is 1.80 bits per heavy atom. The van der Waals surface area contributed by atoms with Gasteiger partial charge in [-0.1, -0.05) is 58.4 Å². The molecule has 1 aromatic carbocycles. The lowest BCUT2D eigenvalue weighted by Crippen LogP contribution is -1.93. The molecule has 1 aromatic rings. The van der Waals surface area contributed by atoms with E-state index in [-0.39, 0.29) is 0 Å². The van der Waals surface area contributed by atoms with Crippen LogP contribution in [0.4, 0.5) is 0 Å². The van der Waals surface area contributed by atoms with Gasteiger partial charge in [0.2, 0.25) is 0 Å². The number of ether oxygens (including phenoxy) is 1. The minimum atomic E-state index is 0.715. The Labute approximate surface area is 100 Å². The van der Waals surface area contributed by atoms with E-state index in [1.54, 1.807) is 0 Å². The van der Waals surface area contributed by atoms with E-state index in [1.807, 2.05) is 18.2 Å². The average Bonchev–Trinajstić information content (AvgIpc) is 2.29. The van der Waals surface area contributed by atoms with E-state index in [0.717, 1.165) is 24.8 Å². The number of rotatable bonds is 7. The van der Waals surface area contributed by atoms with Gasteiger partial charge in [0.05, 0.1) is 13.2 Å². The Bertz CT molecular complexity index is 269. The van der Waals surface area contributed by atoms with Crippen molar-refractivity contribution in [1.82, 2.24) is 0 Å². The maximum absolute atomic E-state index is 5.54. The summed E-state index contributed by atoms with van der Waals surface area (Å²) >= 11 is 3.38. The van der Waals surface area contributed by atoms with Crippen molar-refractivity contribution in [3.05, 3.63) is 48.0 Å². The van der Waals surface area contributed by atoms with Gasteiger partial charge in [0.1, 0.15) is 0 Å². The number of allylic oxidation sites excluding steroid dienone is 1. The summed E-state index contributed by atoms with van der Waals surface area (Å²) < 4.78 is 5.54. The lowest BCUT2D eigenvalue weighted by Gasteiger charge is -2.01. The largest absolute Gasteiger partial charge is 0.376 e. The molecule has 0 saturated carbocycles. The van der Waals surface area contributed by atoms with Crippen LogP contribution >= 0.6 is 15.9 Å². The third-order valence-corrected chi connectivity index (χ3v) is 2.44. The van der Waals surface area contributed by atoms with Crippen molar-refractivity contribution in [2.24, 2.45) is 0 Å². The molecular weight excluding hydrogens is 252 g/mol. The average molecular weight is 269 g/mol. The second kappa shape index (κ2) is 8.69. The zero-order valence-corrected chi connectivity index (χ0v) is 10.4. The van der Waals surface area contributed by atoms with Crippen LogP contribution in [0.15, 0.2) is 42.5 Å². The highest BCUT2D eigenvalue weighted by Crippen LogP contribution is 2.01. The smallest absolute Gasteiger partial charge is 0.0717 e. The second-order valence-corrected chi connectivity index (χ2v) is 4.07. The van der Waals surface area contributed by atoms with Crippen LogP contribution in [0.25, 0.3) is 0 Å². The van der Waals surface area contributed by atoms with Crippen LogP contribution in [0.5, 0.6) is 0 Å². The first-order valence-electron chi connectivity index (χ1n) is 5.26. The van der Waals surface area contributed by atoms with Gasteiger partial charge in [-0.2, -0.15) is 0 Å². The van der Waals surface area contributed by atoms with Crippen LogP contribution in [-0.2, 0) is 11.3 Å². The molecule has 0 aliphatic carbocycles. The molecule has 0 aromatic heterocycles. The number of halogens is 1. The molecule has 0 amide bonds. The predicted molar refractivity (Wildman–Crippen MR) is 68.3 cm³/mol. The van der Waals surface area contributed by atoms with Gasteiger partial charge in [-0.25, -0.2) is 0 Å². The summed E-state index contributed by atoms with van der Waals surface area (Å²) in [6, 6.07) is 10.3. The Morgan fingerprint density at radius 3 is 2.53 bits per heavy atom. The van der Waals surface area contributed by atoms with E-state index in [2.05, 4.69) is 40.2 Å². The monoisotopic (exact) mass is 268 g/mol. The molecule has 0 radical (unpaired) electrons. The van der Waals surface area contributed by atoms with Gasteiger partial charge in [0.25, 0.3) is 0 Å². The summed E-state index contributed by atoms with van der Waals surface area (Å²) in [5, 5.41) is 1.04. The molecule has 0 aliphatic rings. The molecule has 0 bridgehead atoms. The number of hydrogen-bond acceptors (Lipinski definition) is 1. The summed E-state index contributed by atoms with van der Waals surface area (Å²) in [6.45, 7) is 1.51. The minimum absolute atomic E-state index is 0.715. The van der Waals surface area contributed by atoms with Crippen LogP contribution in [0, 0.1) is 0 Å². The fourth-order valence-corrected chi connectivity index (χ4v) is 1.48. The zero-order valence-electron chi connectivity index (χ0n) is 8.86. The first kappa shape index (κ1) is 12.5. The molecule has 82 valence electrons. The Morgan fingerprint density at radius 1 is 1.07 bits per heavy atom. The number of alkyl halides is 1.